The predicted molar refractivity (Wildman–Crippen MR) is 89.2 cm³/mol. The van der Waals surface area contributed by atoms with Crippen molar-refractivity contribution in [2.24, 2.45) is 0 Å². The van der Waals surface area contributed by atoms with E-state index in [2.05, 4.69) is 46.0 Å². The summed E-state index contributed by atoms with van der Waals surface area (Å²) in [5.41, 5.74) is 4.34. The Morgan fingerprint density at radius 3 is 2.68 bits per heavy atom. The number of benzene rings is 2. The van der Waals surface area contributed by atoms with Crippen LogP contribution in [0.2, 0.25) is 0 Å². The molecule has 0 atom stereocenters. The number of aromatic nitrogens is 2. The summed E-state index contributed by atoms with van der Waals surface area (Å²) >= 11 is 0. The van der Waals surface area contributed by atoms with E-state index < -0.39 is 0 Å². The van der Waals surface area contributed by atoms with Gasteiger partial charge in [0.15, 0.2) is 0 Å². The second-order valence-corrected chi connectivity index (χ2v) is 5.53. The molecule has 0 spiro atoms. The van der Waals surface area contributed by atoms with Crippen molar-refractivity contribution in [3.8, 4) is 11.6 Å². The molecule has 0 amide bonds. The van der Waals surface area contributed by atoms with Gasteiger partial charge in [0.2, 0.25) is 0 Å². The summed E-state index contributed by atoms with van der Waals surface area (Å²) in [5.74, 6) is 1.16. The van der Waals surface area contributed by atoms with Crippen LogP contribution in [0.1, 0.15) is 11.1 Å². The summed E-state index contributed by atoms with van der Waals surface area (Å²) < 4.78 is 2.15. The van der Waals surface area contributed by atoms with Crippen LogP contribution in [0, 0.1) is 0 Å². The average molecular weight is 284 g/mol. The Bertz CT molecular complexity index is 1090. The Morgan fingerprint density at radius 1 is 0.864 bits per heavy atom. The van der Waals surface area contributed by atoms with Crippen LogP contribution in [0.25, 0.3) is 39.8 Å². The summed E-state index contributed by atoms with van der Waals surface area (Å²) in [6.07, 6.45) is 6.03. The third-order valence-electron chi connectivity index (χ3n) is 4.27. The molecule has 5 rings (SSSR count). The lowest BCUT2D eigenvalue weighted by Crippen LogP contribution is -1.99. The fourth-order valence-corrected chi connectivity index (χ4v) is 3.34. The molecule has 0 saturated heterocycles. The first-order valence-electron chi connectivity index (χ1n) is 7.22. The Morgan fingerprint density at radius 2 is 1.73 bits per heavy atom. The number of phenolic OH excluding ortho intramolecular Hbond substituents is 1. The molecule has 1 N–H and O–H groups in total. The van der Waals surface area contributed by atoms with Crippen LogP contribution in [-0.4, -0.2) is 14.7 Å². The highest BCUT2D eigenvalue weighted by Gasteiger charge is 2.18. The van der Waals surface area contributed by atoms with Crippen LogP contribution in [-0.2, 0) is 0 Å². The molecule has 22 heavy (non-hydrogen) atoms. The monoisotopic (exact) mass is 284 g/mol. The topological polar surface area (TPSA) is 38.0 Å². The van der Waals surface area contributed by atoms with Gasteiger partial charge in [-0.05, 0) is 29.8 Å². The van der Waals surface area contributed by atoms with Gasteiger partial charge in [0, 0.05) is 28.6 Å². The van der Waals surface area contributed by atoms with Gasteiger partial charge in [-0.1, -0.05) is 30.4 Å². The van der Waals surface area contributed by atoms with Crippen LogP contribution in [0.3, 0.4) is 0 Å². The van der Waals surface area contributed by atoms with Crippen molar-refractivity contribution in [2.45, 2.75) is 0 Å². The molecule has 0 saturated carbocycles. The maximum Gasteiger partial charge on any atom is 0.144 e. The fraction of sp³-hybridized carbons (Fsp3) is 0. The van der Waals surface area contributed by atoms with Crippen molar-refractivity contribution in [1.82, 2.24) is 9.55 Å². The van der Waals surface area contributed by atoms with Crippen molar-refractivity contribution in [3.05, 3.63) is 65.9 Å². The van der Waals surface area contributed by atoms with Gasteiger partial charge in [0.25, 0.3) is 0 Å². The Labute approximate surface area is 126 Å². The van der Waals surface area contributed by atoms with Crippen LogP contribution >= 0.6 is 0 Å². The average Bonchev–Trinajstić information content (AvgIpc) is 2.76. The number of para-hydroxylation sites is 1. The van der Waals surface area contributed by atoms with Crippen LogP contribution < -0.4 is 0 Å². The number of fused-ring (bicyclic) bond motifs is 5. The Kier molecular flexibility index (Phi) is 2.09. The lowest BCUT2D eigenvalue weighted by Gasteiger charge is -2.09. The molecule has 1 aliphatic rings. The second kappa shape index (κ2) is 3.98. The summed E-state index contributed by atoms with van der Waals surface area (Å²) in [7, 11) is 0. The van der Waals surface area contributed by atoms with E-state index in [0.29, 0.717) is 0 Å². The molecule has 2 aromatic carbocycles. The van der Waals surface area contributed by atoms with Gasteiger partial charge in [-0.3, -0.25) is 4.57 Å². The second-order valence-electron chi connectivity index (χ2n) is 5.53. The summed E-state index contributed by atoms with van der Waals surface area (Å²) in [4.78, 5) is 4.59. The molecule has 0 radical (unpaired) electrons. The molecular weight excluding hydrogens is 272 g/mol. The number of pyridine rings is 1. The van der Waals surface area contributed by atoms with Crippen molar-refractivity contribution in [1.29, 1.82) is 0 Å². The highest BCUT2D eigenvalue weighted by molar-refractivity contribution is 6.13. The number of hydrogen-bond acceptors (Lipinski definition) is 2. The molecule has 3 nitrogen and oxygen atoms in total. The third kappa shape index (κ3) is 1.37. The van der Waals surface area contributed by atoms with Crippen LogP contribution in [0.4, 0.5) is 0 Å². The smallest absolute Gasteiger partial charge is 0.144 e. The zero-order valence-corrected chi connectivity index (χ0v) is 11.7. The minimum atomic E-state index is 0.266. The zero-order chi connectivity index (χ0) is 14.7. The highest BCUT2D eigenvalue weighted by Crippen LogP contribution is 2.38. The number of aromatic hydroxyl groups is 1. The van der Waals surface area contributed by atoms with E-state index in [1.54, 1.807) is 12.3 Å². The highest BCUT2D eigenvalue weighted by atomic mass is 16.3. The minimum absolute atomic E-state index is 0.266. The van der Waals surface area contributed by atoms with E-state index in [1.807, 2.05) is 18.2 Å². The molecule has 0 fully saturated rings. The molecule has 0 unspecified atom stereocenters. The molecule has 3 heteroatoms. The van der Waals surface area contributed by atoms with Gasteiger partial charge in [-0.25, -0.2) is 4.98 Å². The maximum absolute atomic E-state index is 9.93. The van der Waals surface area contributed by atoms with Gasteiger partial charge in [0.05, 0.1) is 11.0 Å². The van der Waals surface area contributed by atoms with Gasteiger partial charge >= 0.3 is 0 Å². The molecular formula is C19H12N2O. The van der Waals surface area contributed by atoms with E-state index in [0.717, 1.165) is 33.4 Å². The van der Waals surface area contributed by atoms with Gasteiger partial charge in [0.1, 0.15) is 11.6 Å². The van der Waals surface area contributed by atoms with Crippen molar-refractivity contribution >= 4 is 34.0 Å². The molecule has 1 aliphatic heterocycles. The van der Waals surface area contributed by atoms with Gasteiger partial charge < -0.3 is 5.11 Å². The summed E-state index contributed by atoms with van der Waals surface area (Å²) in [6, 6.07) is 15.8. The van der Waals surface area contributed by atoms with E-state index in [-0.39, 0.29) is 5.75 Å². The number of hydrogen-bond donors (Lipinski definition) is 1. The van der Waals surface area contributed by atoms with Crippen molar-refractivity contribution in [2.75, 3.05) is 0 Å². The molecule has 0 bridgehead atoms. The van der Waals surface area contributed by atoms with E-state index in [1.165, 1.54) is 5.39 Å². The first-order valence-corrected chi connectivity index (χ1v) is 7.22. The van der Waals surface area contributed by atoms with E-state index in [9.17, 15) is 5.11 Å². The Hall–Kier alpha value is -3.07. The van der Waals surface area contributed by atoms with Gasteiger partial charge in [-0.2, -0.15) is 0 Å². The Balaban J connectivity index is 2.12. The number of rotatable bonds is 0. The normalized spacial score (nSPS) is 12.5. The first kappa shape index (κ1) is 11.6. The van der Waals surface area contributed by atoms with Crippen molar-refractivity contribution in [3.63, 3.8) is 0 Å². The quantitative estimate of drug-likeness (QED) is 0.458. The van der Waals surface area contributed by atoms with E-state index in [4.69, 9.17) is 0 Å². The fourth-order valence-electron chi connectivity index (χ4n) is 3.34. The molecule has 4 aromatic rings. The SMILES string of the molecule is Oc1ccc2c3cccc4c3n(c2c1)-c1ncccc1C=C4. The lowest BCUT2D eigenvalue weighted by atomic mass is 10.1. The summed E-state index contributed by atoms with van der Waals surface area (Å²) in [6.45, 7) is 0. The largest absolute Gasteiger partial charge is 0.508 e. The minimum Gasteiger partial charge on any atom is -0.508 e. The number of nitrogens with zero attached hydrogens (tertiary/aromatic N) is 2. The predicted octanol–water partition coefficient (Wildman–Crippen LogP) is 4.37. The maximum atomic E-state index is 9.93. The standard InChI is InChI=1S/C19H12N2O/c22-14-8-9-15-16-5-1-3-12-6-7-13-4-2-10-20-19(13)21(18(12)16)17(15)11-14/h1-11,22H. The molecule has 3 heterocycles. The van der Waals surface area contributed by atoms with Crippen LogP contribution in [0.15, 0.2) is 54.7 Å². The van der Waals surface area contributed by atoms with E-state index >= 15 is 0 Å². The van der Waals surface area contributed by atoms with Gasteiger partial charge in [-0.15, -0.1) is 0 Å². The molecule has 0 aliphatic carbocycles. The lowest BCUT2D eigenvalue weighted by molar-refractivity contribution is 0.476. The zero-order valence-electron chi connectivity index (χ0n) is 11.7. The van der Waals surface area contributed by atoms with Crippen LogP contribution in [0.5, 0.6) is 5.75 Å². The summed E-state index contributed by atoms with van der Waals surface area (Å²) in [5, 5.41) is 12.2. The van der Waals surface area contributed by atoms with Crippen molar-refractivity contribution < 1.29 is 5.11 Å². The number of phenols is 1. The molecule has 2 aromatic heterocycles. The molecule has 104 valence electrons. The first-order chi connectivity index (χ1) is 10.8. The third-order valence-corrected chi connectivity index (χ3v) is 4.27.